The van der Waals surface area contributed by atoms with Crippen molar-refractivity contribution in [3.8, 4) is 0 Å². The molecule has 2 saturated heterocycles. The van der Waals surface area contributed by atoms with Gasteiger partial charge < -0.3 is 15.1 Å². The maximum absolute atomic E-state index is 12.9. The molecule has 2 atom stereocenters. The zero-order chi connectivity index (χ0) is 17.5. The number of fused-ring (bicyclic) bond motifs is 1. The van der Waals surface area contributed by atoms with Crippen LogP contribution in [-0.2, 0) is 6.18 Å². The minimum atomic E-state index is -4.55. The van der Waals surface area contributed by atoms with E-state index in [2.05, 4.69) is 17.3 Å². The highest BCUT2D eigenvalue weighted by molar-refractivity contribution is 6.31. The zero-order valence-corrected chi connectivity index (χ0v) is 14.0. The molecule has 0 spiro atoms. The molecule has 0 saturated carbocycles. The van der Waals surface area contributed by atoms with Crippen molar-refractivity contribution in [3.63, 3.8) is 0 Å². The van der Waals surface area contributed by atoms with Gasteiger partial charge in [0.1, 0.15) is 0 Å². The molecule has 0 bridgehead atoms. The second kappa shape index (κ2) is 6.44. The lowest BCUT2D eigenvalue weighted by Gasteiger charge is -2.36. The predicted octanol–water partition coefficient (Wildman–Crippen LogP) is 3.92. The highest BCUT2D eigenvalue weighted by atomic mass is 35.5. The summed E-state index contributed by atoms with van der Waals surface area (Å²) >= 11 is 5.60. The van der Waals surface area contributed by atoms with E-state index in [0.717, 1.165) is 38.1 Å². The molecule has 2 aliphatic rings. The average Bonchev–Trinajstić information content (AvgIpc) is 2.91. The Labute approximate surface area is 143 Å². The van der Waals surface area contributed by atoms with E-state index in [1.165, 1.54) is 6.07 Å². The molecule has 0 unspecified atom stereocenters. The first-order valence-corrected chi connectivity index (χ1v) is 8.26. The Morgan fingerprint density at radius 2 is 2.04 bits per heavy atom. The first-order valence-electron chi connectivity index (χ1n) is 7.88. The van der Waals surface area contributed by atoms with Crippen LogP contribution in [-0.4, -0.2) is 48.6 Å². The van der Waals surface area contributed by atoms with Crippen molar-refractivity contribution in [2.75, 3.05) is 32.0 Å². The van der Waals surface area contributed by atoms with Crippen LogP contribution >= 0.6 is 11.6 Å². The summed E-state index contributed by atoms with van der Waals surface area (Å²) in [6.45, 7) is 2.51. The number of piperidine rings is 1. The molecule has 1 aromatic rings. The van der Waals surface area contributed by atoms with Gasteiger partial charge in [0.25, 0.3) is 0 Å². The van der Waals surface area contributed by atoms with Gasteiger partial charge in [0.15, 0.2) is 0 Å². The predicted molar refractivity (Wildman–Crippen MR) is 86.2 cm³/mol. The van der Waals surface area contributed by atoms with Crippen LogP contribution in [0.2, 0.25) is 5.02 Å². The number of nitrogens with zero attached hydrogens (tertiary/aromatic N) is 2. The minimum absolute atomic E-state index is 0.105. The van der Waals surface area contributed by atoms with Gasteiger partial charge in [0.2, 0.25) is 0 Å². The first-order chi connectivity index (χ1) is 11.3. The van der Waals surface area contributed by atoms with Gasteiger partial charge in [-0.25, -0.2) is 4.79 Å². The maximum Gasteiger partial charge on any atom is 0.417 e. The van der Waals surface area contributed by atoms with Crippen molar-refractivity contribution in [1.29, 1.82) is 0 Å². The molecule has 3 rings (SSSR count). The molecule has 24 heavy (non-hydrogen) atoms. The minimum Gasteiger partial charge on any atom is -0.321 e. The Balaban J connectivity index is 1.72. The van der Waals surface area contributed by atoms with E-state index in [-0.39, 0.29) is 22.8 Å². The van der Waals surface area contributed by atoms with Crippen LogP contribution in [0.15, 0.2) is 18.2 Å². The largest absolute Gasteiger partial charge is 0.417 e. The summed E-state index contributed by atoms with van der Waals surface area (Å²) in [6, 6.07) is 3.24. The third-order valence-corrected chi connectivity index (χ3v) is 5.15. The lowest BCUT2D eigenvalue weighted by atomic mass is 9.93. The molecule has 0 aromatic heterocycles. The van der Waals surface area contributed by atoms with E-state index in [9.17, 15) is 18.0 Å². The Bertz CT molecular complexity index is 637. The number of likely N-dealkylation sites (tertiary alicyclic amines) is 2. The number of alkyl halides is 3. The third-order valence-electron chi connectivity index (χ3n) is 4.82. The second-order valence-corrected chi connectivity index (χ2v) is 6.89. The third kappa shape index (κ3) is 3.47. The molecule has 2 heterocycles. The quantitative estimate of drug-likeness (QED) is 0.823. The number of carbonyl (C=O) groups excluding carboxylic acids is 1. The fraction of sp³-hybridized carbons (Fsp3) is 0.562. The van der Waals surface area contributed by atoms with E-state index in [0.29, 0.717) is 12.5 Å². The first kappa shape index (κ1) is 17.4. The van der Waals surface area contributed by atoms with E-state index in [1.807, 2.05) is 0 Å². The molecule has 2 fully saturated rings. The highest BCUT2D eigenvalue weighted by Gasteiger charge is 2.40. The van der Waals surface area contributed by atoms with E-state index < -0.39 is 11.7 Å². The maximum atomic E-state index is 12.9. The van der Waals surface area contributed by atoms with Gasteiger partial charge in [-0.2, -0.15) is 13.2 Å². The van der Waals surface area contributed by atoms with E-state index in [1.54, 1.807) is 4.90 Å². The molecule has 2 amide bonds. The van der Waals surface area contributed by atoms with Crippen LogP contribution in [0.4, 0.5) is 23.7 Å². The number of urea groups is 1. The molecule has 1 N–H and O–H groups in total. The number of benzene rings is 1. The van der Waals surface area contributed by atoms with Gasteiger partial charge in [-0.15, -0.1) is 0 Å². The molecule has 8 heteroatoms. The van der Waals surface area contributed by atoms with Crippen LogP contribution in [0.25, 0.3) is 0 Å². The van der Waals surface area contributed by atoms with Crippen LogP contribution in [0, 0.1) is 5.92 Å². The Hall–Kier alpha value is -1.47. The summed E-state index contributed by atoms with van der Waals surface area (Å²) in [6.07, 6.45) is -2.73. The van der Waals surface area contributed by atoms with Gasteiger partial charge in [0, 0.05) is 24.8 Å². The molecule has 1 aromatic carbocycles. The van der Waals surface area contributed by atoms with Gasteiger partial charge >= 0.3 is 12.2 Å². The lowest BCUT2D eigenvalue weighted by Crippen LogP contribution is -2.47. The SMILES string of the molecule is CN1CC[C@@H]2[C@@H](CCN2C(=O)Nc2ccc(Cl)c(C(F)(F)F)c2)C1. The Morgan fingerprint density at radius 3 is 2.75 bits per heavy atom. The molecular formula is C16H19ClF3N3O. The van der Waals surface area contributed by atoms with Gasteiger partial charge in [0.05, 0.1) is 10.6 Å². The van der Waals surface area contributed by atoms with Crippen molar-refractivity contribution in [2.45, 2.75) is 25.1 Å². The molecule has 2 aliphatic heterocycles. The summed E-state index contributed by atoms with van der Waals surface area (Å²) in [4.78, 5) is 16.5. The lowest BCUT2D eigenvalue weighted by molar-refractivity contribution is -0.137. The summed E-state index contributed by atoms with van der Waals surface area (Å²) in [5, 5.41) is 2.20. The molecule has 0 aliphatic carbocycles. The standard InChI is InChI=1S/C16H19ClF3N3O/c1-22-6-5-14-10(9-22)4-7-23(14)15(24)21-11-2-3-13(17)12(8-11)16(18,19)20/h2-3,8,10,14H,4-7,9H2,1H3,(H,21,24)/t10-,14+/m0/s1. The van der Waals surface area contributed by atoms with Crippen LogP contribution in [0.3, 0.4) is 0 Å². The summed E-state index contributed by atoms with van der Waals surface area (Å²) in [5.74, 6) is 0.436. The number of rotatable bonds is 1. The van der Waals surface area contributed by atoms with Gasteiger partial charge in [-0.3, -0.25) is 0 Å². The number of halogens is 4. The van der Waals surface area contributed by atoms with Crippen molar-refractivity contribution in [1.82, 2.24) is 9.80 Å². The smallest absolute Gasteiger partial charge is 0.321 e. The number of amides is 2. The molecular weight excluding hydrogens is 343 g/mol. The summed E-state index contributed by atoms with van der Waals surface area (Å²) in [5.41, 5.74) is -0.839. The van der Waals surface area contributed by atoms with Crippen molar-refractivity contribution >= 4 is 23.3 Å². The number of carbonyl (C=O) groups is 1. The molecule has 4 nitrogen and oxygen atoms in total. The topological polar surface area (TPSA) is 35.6 Å². The monoisotopic (exact) mass is 361 g/mol. The van der Waals surface area contributed by atoms with E-state index >= 15 is 0 Å². The summed E-state index contributed by atoms with van der Waals surface area (Å²) < 4.78 is 38.7. The van der Waals surface area contributed by atoms with Crippen molar-refractivity contribution in [3.05, 3.63) is 28.8 Å². The normalized spacial score (nSPS) is 24.8. The van der Waals surface area contributed by atoms with Crippen LogP contribution in [0.5, 0.6) is 0 Å². The van der Waals surface area contributed by atoms with Crippen molar-refractivity contribution < 1.29 is 18.0 Å². The fourth-order valence-electron chi connectivity index (χ4n) is 3.63. The second-order valence-electron chi connectivity index (χ2n) is 6.48. The van der Waals surface area contributed by atoms with Gasteiger partial charge in [-0.05, 0) is 50.6 Å². The Morgan fingerprint density at radius 1 is 1.29 bits per heavy atom. The number of hydrogen-bond acceptors (Lipinski definition) is 2. The van der Waals surface area contributed by atoms with Gasteiger partial charge in [-0.1, -0.05) is 11.6 Å². The average molecular weight is 362 g/mol. The van der Waals surface area contributed by atoms with E-state index in [4.69, 9.17) is 11.6 Å². The highest BCUT2D eigenvalue weighted by Crippen LogP contribution is 2.36. The molecule has 0 radical (unpaired) electrons. The fourth-order valence-corrected chi connectivity index (χ4v) is 3.86. The van der Waals surface area contributed by atoms with Crippen molar-refractivity contribution in [2.24, 2.45) is 5.92 Å². The van der Waals surface area contributed by atoms with Crippen LogP contribution in [0.1, 0.15) is 18.4 Å². The zero-order valence-electron chi connectivity index (χ0n) is 13.2. The number of anilines is 1. The molecule has 132 valence electrons. The summed E-state index contributed by atoms with van der Waals surface area (Å²) in [7, 11) is 2.06. The number of nitrogens with one attached hydrogen (secondary N) is 1. The number of hydrogen-bond donors (Lipinski definition) is 1. The Kier molecular flexibility index (Phi) is 4.66. The van der Waals surface area contributed by atoms with Crippen LogP contribution < -0.4 is 5.32 Å².